The van der Waals surface area contributed by atoms with Crippen LogP contribution in [0, 0.1) is 0 Å². The minimum Gasteiger partial charge on any atom is -0.492 e. The van der Waals surface area contributed by atoms with Gasteiger partial charge in [0.15, 0.2) is 0 Å². The van der Waals surface area contributed by atoms with Crippen LogP contribution in [0.3, 0.4) is 0 Å². The summed E-state index contributed by atoms with van der Waals surface area (Å²) in [5, 5.41) is 20.3. The molecule has 12 heteroatoms. The Labute approximate surface area is 196 Å². The smallest absolute Gasteiger partial charge is 0.388 e. The summed E-state index contributed by atoms with van der Waals surface area (Å²) < 4.78 is 61.0. The van der Waals surface area contributed by atoms with Crippen molar-refractivity contribution in [3.8, 4) is 11.6 Å². The Morgan fingerprint density at radius 3 is 2.65 bits per heavy atom. The molecule has 0 fully saturated rings. The third-order valence-electron chi connectivity index (χ3n) is 4.92. The molecule has 9 nitrogen and oxygen atoms in total. The molecule has 0 bridgehead atoms. The molecule has 2 aromatic carbocycles. The summed E-state index contributed by atoms with van der Waals surface area (Å²) in [4.78, 5) is 0. The number of hydrogen-bond acceptors (Lipinski definition) is 7. The summed E-state index contributed by atoms with van der Waals surface area (Å²) in [7, 11) is -3.57. The average molecular weight is 499 g/mol. The number of aromatic amines is 1. The van der Waals surface area contributed by atoms with Gasteiger partial charge in [-0.15, -0.1) is 5.10 Å². The fraction of sp³-hybridized carbons (Fsp3) is 0.409. The van der Waals surface area contributed by atoms with Gasteiger partial charge in [0.2, 0.25) is 15.9 Å². The van der Waals surface area contributed by atoms with Crippen molar-refractivity contribution in [2.45, 2.75) is 38.2 Å². The van der Waals surface area contributed by atoms with Crippen LogP contribution in [0.5, 0.6) is 11.6 Å². The highest BCUT2D eigenvalue weighted by molar-refractivity contribution is 7.94. The fourth-order valence-electron chi connectivity index (χ4n) is 2.95. The Bertz CT molecular complexity index is 1210. The van der Waals surface area contributed by atoms with Crippen molar-refractivity contribution in [2.75, 3.05) is 24.4 Å². The number of hydrogen-bond donors (Lipinski definition) is 4. The summed E-state index contributed by atoms with van der Waals surface area (Å²) in [5.74, 6) is 0.336. The Hall–Kier alpha value is -2.96. The Balaban J connectivity index is 1.47. The maximum Gasteiger partial charge on any atom is 0.388 e. The van der Waals surface area contributed by atoms with Crippen molar-refractivity contribution in [1.82, 2.24) is 15.5 Å². The van der Waals surface area contributed by atoms with Gasteiger partial charge < -0.3 is 19.9 Å². The zero-order chi connectivity index (χ0) is 24.9. The first-order chi connectivity index (χ1) is 16.0. The minimum atomic E-state index is -3.57. The van der Waals surface area contributed by atoms with Gasteiger partial charge in [-0.2, -0.15) is 8.78 Å². The maximum atomic E-state index is 12.4. The number of H-pyrrole nitrogens is 1. The van der Waals surface area contributed by atoms with E-state index in [1.165, 1.54) is 0 Å². The number of fused-ring (bicyclic) bond motifs is 1. The highest BCUT2D eigenvalue weighted by atomic mass is 32.2. The molecule has 0 aliphatic heterocycles. The number of anilines is 1. The van der Waals surface area contributed by atoms with Gasteiger partial charge in [-0.1, -0.05) is 12.1 Å². The molecule has 0 amide bonds. The second-order valence-corrected chi connectivity index (χ2v) is 11.0. The second-order valence-electron chi connectivity index (χ2n) is 8.53. The van der Waals surface area contributed by atoms with E-state index < -0.39 is 27.5 Å². The molecule has 1 aromatic heterocycles. The number of nitrogens with one attached hydrogen (secondary N) is 3. The summed E-state index contributed by atoms with van der Waals surface area (Å²) in [6, 6.07) is 11.4. The van der Waals surface area contributed by atoms with Gasteiger partial charge in [0.25, 0.3) is 0 Å². The predicted octanol–water partition coefficient (Wildman–Crippen LogP) is 3.41. The SMILES string of the molecule is CC(C)(C)S(=O)(=O)Nc1cccc([C@@H](O)CNCCOc2ccc3c(OC(F)F)n[nH]c3c2)c1. The number of alkyl halides is 2. The molecule has 1 heterocycles. The number of sulfonamides is 1. The van der Waals surface area contributed by atoms with E-state index in [-0.39, 0.29) is 19.0 Å². The van der Waals surface area contributed by atoms with Crippen LogP contribution in [0.4, 0.5) is 14.5 Å². The van der Waals surface area contributed by atoms with Crippen molar-refractivity contribution in [3.05, 3.63) is 48.0 Å². The number of ether oxygens (including phenoxy) is 2. The predicted molar refractivity (Wildman–Crippen MR) is 125 cm³/mol. The Morgan fingerprint density at radius 1 is 1.18 bits per heavy atom. The molecule has 186 valence electrons. The van der Waals surface area contributed by atoms with E-state index in [2.05, 4.69) is 25.0 Å². The number of halogens is 2. The fourth-order valence-corrected chi connectivity index (χ4v) is 3.70. The van der Waals surface area contributed by atoms with Crippen LogP contribution in [-0.4, -0.2) is 54.8 Å². The first-order valence-electron chi connectivity index (χ1n) is 10.5. The van der Waals surface area contributed by atoms with E-state index in [1.807, 2.05) is 0 Å². The normalized spacial score (nSPS) is 13.3. The van der Waals surface area contributed by atoms with Crippen molar-refractivity contribution in [3.63, 3.8) is 0 Å². The number of benzene rings is 2. The number of aromatic nitrogens is 2. The van der Waals surface area contributed by atoms with Crippen LogP contribution < -0.4 is 19.5 Å². The lowest BCUT2D eigenvalue weighted by Crippen LogP contribution is -2.33. The van der Waals surface area contributed by atoms with Gasteiger partial charge in [0.05, 0.1) is 21.8 Å². The first kappa shape index (κ1) is 25.7. The molecular weight excluding hydrogens is 470 g/mol. The minimum absolute atomic E-state index is 0.178. The van der Waals surface area contributed by atoms with E-state index in [1.54, 1.807) is 63.2 Å². The topological polar surface area (TPSA) is 126 Å². The molecule has 0 aliphatic rings. The van der Waals surface area contributed by atoms with E-state index in [0.29, 0.717) is 34.4 Å². The molecule has 0 saturated heterocycles. The first-order valence-corrected chi connectivity index (χ1v) is 12.0. The van der Waals surface area contributed by atoms with Gasteiger partial charge >= 0.3 is 6.61 Å². The molecule has 4 N–H and O–H groups in total. The highest BCUT2D eigenvalue weighted by Gasteiger charge is 2.29. The maximum absolute atomic E-state index is 12.4. The zero-order valence-electron chi connectivity index (χ0n) is 19.0. The Kier molecular flexibility index (Phi) is 7.95. The van der Waals surface area contributed by atoms with Crippen molar-refractivity contribution >= 4 is 26.6 Å². The summed E-state index contributed by atoms with van der Waals surface area (Å²) in [6.07, 6.45) is -0.853. The number of nitrogens with zero attached hydrogens (tertiary/aromatic N) is 1. The van der Waals surface area contributed by atoms with Gasteiger partial charge in [-0.25, -0.2) is 8.42 Å². The molecule has 0 spiro atoms. The summed E-state index contributed by atoms with van der Waals surface area (Å²) in [5.41, 5.74) is 1.44. The molecule has 0 radical (unpaired) electrons. The van der Waals surface area contributed by atoms with Crippen molar-refractivity contribution < 1.29 is 31.8 Å². The van der Waals surface area contributed by atoms with E-state index in [9.17, 15) is 22.3 Å². The molecule has 0 unspecified atom stereocenters. The van der Waals surface area contributed by atoms with Crippen LogP contribution in [0.2, 0.25) is 0 Å². The second kappa shape index (κ2) is 10.5. The lowest BCUT2D eigenvalue weighted by atomic mass is 10.1. The molecule has 0 saturated carbocycles. The van der Waals surface area contributed by atoms with Crippen LogP contribution in [0.15, 0.2) is 42.5 Å². The number of rotatable bonds is 11. The van der Waals surface area contributed by atoms with Gasteiger partial charge in [0, 0.05) is 24.8 Å². The van der Waals surface area contributed by atoms with E-state index in [4.69, 9.17) is 4.74 Å². The largest absolute Gasteiger partial charge is 0.492 e. The molecule has 3 aromatic rings. The molecule has 0 aliphatic carbocycles. The van der Waals surface area contributed by atoms with Crippen LogP contribution in [0.1, 0.15) is 32.4 Å². The van der Waals surface area contributed by atoms with Crippen LogP contribution >= 0.6 is 0 Å². The zero-order valence-corrected chi connectivity index (χ0v) is 19.8. The van der Waals surface area contributed by atoms with Gasteiger partial charge in [-0.05, 0) is 50.6 Å². The summed E-state index contributed by atoms with van der Waals surface area (Å²) in [6.45, 7) is 2.79. The Morgan fingerprint density at radius 2 is 1.94 bits per heavy atom. The summed E-state index contributed by atoms with van der Waals surface area (Å²) >= 11 is 0. The molecular formula is C22H28F2N4O5S. The van der Waals surface area contributed by atoms with Gasteiger partial charge in [0.1, 0.15) is 12.4 Å². The van der Waals surface area contributed by atoms with E-state index in [0.717, 1.165) is 0 Å². The monoisotopic (exact) mass is 498 g/mol. The van der Waals surface area contributed by atoms with Crippen molar-refractivity contribution in [2.24, 2.45) is 0 Å². The standard InChI is InChI=1S/C22H28F2N4O5S/c1-22(2,3)34(30,31)28-15-6-4-5-14(11-15)19(29)13-25-9-10-32-16-7-8-17-18(12-16)26-27-20(17)33-21(23)24/h4-8,11-12,19,21,25,28-29H,9-10,13H2,1-3H3,(H,26,27)/t19-/m0/s1. The lowest BCUT2D eigenvalue weighted by Gasteiger charge is -2.21. The third kappa shape index (κ3) is 6.55. The molecule has 34 heavy (non-hydrogen) atoms. The van der Waals surface area contributed by atoms with E-state index >= 15 is 0 Å². The lowest BCUT2D eigenvalue weighted by molar-refractivity contribution is -0.0518. The number of aliphatic hydroxyl groups is 1. The molecule has 3 rings (SSSR count). The average Bonchev–Trinajstić information content (AvgIpc) is 3.13. The van der Waals surface area contributed by atoms with Crippen LogP contribution in [-0.2, 0) is 10.0 Å². The quantitative estimate of drug-likeness (QED) is 0.299. The van der Waals surface area contributed by atoms with Gasteiger partial charge in [-0.3, -0.25) is 9.82 Å². The van der Waals surface area contributed by atoms with Crippen molar-refractivity contribution in [1.29, 1.82) is 0 Å². The number of aliphatic hydroxyl groups excluding tert-OH is 1. The van der Waals surface area contributed by atoms with Crippen LogP contribution in [0.25, 0.3) is 10.9 Å². The highest BCUT2D eigenvalue weighted by Crippen LogP contribution is 2.27. The third-order valence-corrected chi connectivity index (χ3v) is 7.03. The molecule has 1 atom stereocenters.